The fourth-order valence-electron chi connectivity index (χ4n) is 1.68. The zero-order chi connectivity index (χ0) is 14.3. The van der Waals surface area contributed by atoms with E-state index in [0.717, 1.165) is 6.54 Å². The van der Waals surface area contributed by atoms with E-state index >= 15 is 0 Å². The summed E-state index contributed by atoms with van der Waals surface area (Å²) in [5, 5.41) is 3.01. The topological polar surface area (TPSA) is 50.8 Å². The predicted octanol–water partition coefficient (Wildman–Crippen LogP) is 1.39. The minimum Gasteiger partial charge on any atom is -0.493 e. The Balaban J connectivity index is 2.86. The quantitative estimate of drug-likeness (QED) is 0.810. The Morgan fingerprint density at radius 3 is 2.68 bits per heavy atom. The first kappa shape index (κ1) is 15.3. The number of hydrogen-bond donors (Lipinski definition) is 1. The Labute approximate surface area is 114 Å². The van der Waals surface area contributed by atoms with Crippen molar-refractivity contribution in [2.75, 3.05) is 40.9 Å². The number of hydrogen-bond acceptors (Lipinski definition) is 4. The molecule has 1 aromatic rings. The highest BCUT2D eigenvalue weighted by Gasteiger charge is 2.14. The number of likely N-dealkylation sites (N-methyl/N-ethyl adjacent to an activating group) is 2. The van der Waals surface area contributed by atoms with Crippen LogP contribution >= 0.6 is 0 Å². The summed E-state index contributed by atoms with van der Waals surface area (Å²) in [6, 6.07) is 5.23. The van der Waals surface area contributed by atoms with Crippen molar-refractivity contribution in [1.29, 1.82) is 0 Å². The molecule has 5 heteroatoms. The van der Waals surface area contributed by atoms with Gasteiger partial charge in [-0.1, -0.05) is 0 Å². The van der Waals surface area contributed by atoms with Gasteiger partial charge in [0.15, 0.2) is 11.5 Å². The van der Waals surface area contributed by atoms with Crippen molar-refractivity contribution in [2.45, 2.75) is 6.92 Å². The third-order valence-corrected chi connectivity index (χ3v) is 2.75. The average Bonchev–Trinajstić information content (AvgIpc) is 2.44. The average molecular weight is 266 g/mol. The molecule has 0 heterocycles. The van der Waals surface area contributed by atoms with Gasteiger partial charge in [-0.15, -0.1) is 0 Å². The van der Waals surface area contributed by atoms with Gasteiger partial charge < -0.3 is 19.7 Å². The fraction of sp³-hybridized carbons (Fsp3) is 0.500. The van der Waals surface area contributed by atoms with Gasteiger partial charge in [-0.25, -0.2) is 0 Å². The van der Waals surface area contributed by atoms with Crippen molar-refractivity contribution in [3.05, 3.63) is 23.8 Å². The van der Waals surface area contributed by atoms with Gasteiger partial charge in [-0.2, -0.15) is 0 Å². The summed E-state index contributed by atoms with van der Waals surface area (Å²) in [7, 11) is 5.21. The molecule has 0 fully saturated rings. The van der Waals surface area contributed by atoms with Crippen molar-refractivity contribution in [3.63, 3.8) is 0 Å². The normalized spacial score (nSPS) is 10.1. The maximum absolute atomic E-state index is 12.2. The molecular weight excluding hydrogens is 244 g/mol. The largest absolute Gasteiger partial charge is 0.493 e. The van der Waals surface area contributed by atoms with Crippen LogP contribution in [0.4, 0.5) is 0 Å². The number of ether oxygens (including phenoxy) is 2. The molecule has 1 N–H and O–H groups in total. The molecule has 0 aliphatic rings. The molecule has 1 aromatic carbocycles. The number of amides is 1. The minimum atomic E-state index is -0.0309. The lowest BCUT2D eigenvalue weighted by atomic mass is 10.1. The molecule has 0 aliphatic carbocycles. The number of nitrogens with one attached hydrogen (secondary N) is 1. The minimum absolute atomic E-state index is 0.0309. The predicted molar refractivity (Wildman–Crippen MR) is 75.1 cm³/mol. The van der Waals surface area contributed by atoms with Gasteiger partial charge in [0.05, 0.1) is 13.7 Å². The van der Waals surface area contributed by atoms with E-state index in [0.29, 0.717) is 30.2 Å². The first-order valence-electron chi connectivity index (χ1n) is 6.35. The van der Waals surface area contributed by atoms with Crippen LogP contribution in [0, 0.1) is 0 Å². The third kappa shape index (κ3) is 4.13. The highest BCUT2D eigenvalue weighted by Crippen LogP contribution is 2.28. The van der Waals surface area contributed by atoms with Crippen molar-refractivity contribution in [2.24, 2.45) is 0 Å². The van der Waals surface area contributed by atoms with Crippen molar-refractivity contribution in [1.82, 2.24) is 10.2 Å². The van der Waals surface area contributed by atoms with Crippen LogP contribution in [-0.4, -0.2) is 51.7 Å². The summed E-state index contributed by atoms with van der Waals surface area (Å²) in [6.45, 7) is 3.89. The Morgan fingerprint density at radius 1 is 1.37 bits per heavy atom. The molecule has 5 nitrogen and oxygen atoms in total. The summed E-state index contributed by atoms with van der Waals surface area (Å²) in [4.78, 5) is 13.9. The Hall–Kier alpha value is -1.75. The van der Waals surface area contributed by atoms with E-state index in [1.807, 2.05) is 14.0 Å². The summed E-state index contributed by atoms with van der Waals surface area (Å²) in [6.07, 6.45) is 0. The number of carbonyl (C=O) groups excluding carboxylic acids is 1. The van der Waals surface area contributed by atoms with E-state index in [-0.39, 0.29) is 5.91 Å². The molecule has 19 heavy (non-hydrogen) atoms. The Morgan fingerprint density at radius 2 is 2.11 bits per heavy atom. The molecule has 0 unspecified atom stereocenters. The van der Waals surface area contributed by atoms with E-state index in [1.54, 1.807) is 37.3 Å². The standard InChI is InChI=1S/C14H22N2O3/c1-5-19-12-7-6-11(10-13(12)18-4)14(17)16(3)9-8-15-2/h6-7,10,15H,5,8-9H2,1-4H3. The molecule has 0 aromatic heterocycles. The molecule has 0 bridgehead atoms. The van der Waals surface area contributed by atoms with Crippen molar-refractivity contribution >= 4 is 5.91 Å². The Bertz CT molecular complexity index is 421. The first-order chi connectivity index (χ1) is 9.13. The maximum Gasteiger partial charge on any atom is 0.253 e. The number of benzene rings is 1. The van der Waals surface area contributed by atoms with E-state index < -0.39 is 0 Å². The number of nitrogens with zero attached hydrogens (tertiary/aromatic N) is 1. The zero-order valence-corrected chi connectivity index (χ0v) is 12.0. The second-order valence-corrected chi connectivity index (χ2v) is 4.13. The summed E-state index contributed by atoms with van der Waals surface area (Å²) < 4.78 is 10.7. The molecule has 106 valence electrons. The highest BCUT2D eigenvalue weighted by atomic mass is 16.5. The fourth-order valence-corrected chi connectivity index (χ4v) is 1.68. The van der Waals surface area contributed by atoms with Crippen molar-refractivity contribution < 1.29 is 14.3 Å². The molecule has 0 aliphatic heterocycles. The van der Waals surface area contributed by atoms with E-state index in [2.05, 4.69) is 5.32 Å². The molecule has 0 spiro atoms. The van der Waals surface area contributed by atoms with Crippen LogP contribution < -0.4 is 14.8 Å². The lowest BCUT2D eigenvalue weighted by Crippen LogP contribution is -2.32. The number of carbonyl (C=O) groups is 1. The van der Waals surface area contributed by atoms with Crippen LogP contribution in [0.2, 0.25) is 0 Å². The monoisotopic (exact) mass is 266 g/mol. The van der Waals surface area contributed by atoms with Gasteiger partial charge in [0, 0.05) is 25.7 Å². The molecule has 0 radical (unpaired) electrons. The van der Waals surface area contributed by atoms with E-state index in [1.165, 1.54) is 0 Å². The van der Waals surface area contributed by atoms with Crippen LogP contribution in [0.5, 0.6) is 11.5 Å². The Kier molecular flexibility index (Phi) is 6.15. The molecule has 1 amide bonds. The van der Waals surface area contributed by atoms with Crippen LogP contribution in [-0.2, 0) is 0 Å². The third-order valence-electron chi connectivity index (χ3n) is 2.75. The summed E-state index contributed by atoms with van der Waals surface area (Å²) in [5.74, 6) is 1.20. The van der Waals surface area contributed by atoms with Gasteiger partial charge in [0.1, 0.15) is 0 Å². The van der Waals surface area contributed by atoms with E-state index in [9.17, 15) is 4.79 Å². The SMILES string of the molecule is CCOc1ccc(C(=O)N(C)CCNC)cc1OC. The molecule has 1 rings (SSSR count). The summed E-state index contributed by atoms with van der Waals surface area (Å²) in [5.41, 5.74) is 0.596. The summed E-state index contributed by atoms with van der Waals surface area (Å²) >= 11 is 0. The second kappa shape index (κ2) is 7.63. The van der Waals surface area contributed by atoms with Crippen LogP contribution in [0.3, 0.4) is 0 Å². The van der Waals surface area contributed by atoms with Gasteiger partial charge in [-0.3, -0.25) is 4.79 Å². The van der Waals surface area contributed by atoms with Crippen LogP contribution in [0.15, 0.2) is 18.2 Å². The lowest BCUT2D eigenvalue weighted by Gasteiger charge is -2.18. The molecule has 0 atom stereocenters. The van der Waals surface area contributed by atoms with Gasteiger partial charge in [0.25, 0.3) is 5.91 Å². The molecule has 0 saturated carbocycles. The van der Waals surface area contributed by atoms with Gasteiger partial charge >= 0.3 is 0 Å². The van der Waals surface area contributed by atoms with Gasteiger partial charge in [0.2, 0.25) is 0 Å². The van der Waals surface area contributed by atoms with Crippen molar-refractivity contribution in [3.8, 4) is 11.5 Å². The first-order valence-corrected chi connectivity index (χ1v) is 6.35. The smallest absolute Gasteiger partial charge is 0.253 e. The van der Waals surface area contributed by atoms with Gasteiger partial charge in [-0.05, 0) is 32.2 Å². The molecular formula is C14H22N2O3. The van der Waals surface area contributed by atoms with Crippen LogP contribution in [0.1, 0.15) is 17.3 Å². The van der Waals surface area contributed by atoms with Crippen LogP contribution in [0.25, 0.3) is 0 Å². The second-order valence-electron chi connectivity index (χ2n) is 4.13. The zero-order valence-electron chi connectivity index (χ0n) is 12.0. The van der Waals surface area contributed by atoms with E-state index in [4.69, 9.17) is 9.47 Å². The number of methoxy groups -OCH3 is 1. The lowest BCUT2D eigenvalue weighted by molar-refractivity contribution is 0.0796. The maximum atomic E-state index is 12.2. The highest BCUT2D eigenvalue weighted by molar-refractivity contribution is 5.94. The molecule has 0 saturated heterocycles. The number of rotatable bonds is 7.